The molecule has 1 heterocycles. The fourth-order valence-electron chi connectivity index (χ4n) is 2.58. The van der Waals surface area contributed by atoms with Crippen LogP contribution in [0, 0.1) is 0 Å². The van der Waals surface area contributed by atoms with Gasteiger partial charge in [0, 0.05) is 24.8 Å². The van der Waals surface area contributed by atoms with E-state index in [1.165, 1.54) is 0 Å². The Hall–Kier alpha value is -1.55. The zero-order chi connectivity index (χ0) is 13.0. The van der Waals surface area contributed by atoms with E-state index in [2.05, 4.69) is 17.1 Å². The number of nitrogens with zero attached hydrogens (tertiary/aromatic N) is 1. The molecule has 0 saturated carbocycles. The van der Waals surface area contributed by atoms with Gasteiger partial charge in [0.2, 0.25) is 0 Å². The number of nitrogens with one attached hydrogen (secondary N) is 1. The van der Waals surface area contributed by atoms with Gasteiger partial charge in [0.1, 0.15) is 0 Å². The van der Waals surface area contributed by atoms with Crippen LogP contribution in [-0.2, 0) is 0 Å². The van der Waals surface area contributed by atoms with Crippen LogP contribution in [0.5, 0.6) is 0 Å². The van der Waals surface area contributed by atoms with Crippen molar-refractivity contribution in [3.8, 4) is 0 Å². The van der Waals surface area contributed by atoms with Crippen molar-refractivity contribution >= 4 is 11.6 Å². The Morgan fingerprint density at radius 1 is 1.50 bits per heavy atom. The third-order valence-electron chi connectivity index (χ3n) is 3.42. The first-order chi connectivity index (χ1) is 8.74. The number of carbonyl (C=O) groups is 1. The number of primary amides is 1. The van der Waals surface area contributed by atoms with Gasteiger partial charge in [-0.3, -0.25) is 4.79 Å². The lowest BCUT2D eigenvalue weighted by Crippen LogP contribution is -2.38. The van der Waals surface area contributed by atoms with Gasteiger partial charge in [0.25, 0.3) is 5.91 Å². The number of nitrogens with two attached hydrogens (primary N) is 1. The SMILES string of the molecule is CCCN(c1ccccc1C(N)=O)C1CCNC1. The number of para-hydroxylation sites is 1. The van der Waals surface area contributed by atoms with E-state index < -0.39 is 0 Å². The first-order valence-electron chi connectivity index (χ1n) is 6.60. The van der Waals surface area contributed by atoms with E-state index in [-0.39, 0.29) is 5.91 Å². The van der Waals surface area contributed by atoms with Crippen LogP contribution in [-0.4, -0.2) is 31.6 Å². The molecular formula is C14H21N3O. The second-order valence-electron chi connectivity index (χ2n) is 4.72. The molecule has 0 spiro atoms. The first-order valence-corrected chi connectivity index (χ1v) is 6.60. The average molecular weight is 247 g/mol. The van der Waals surface area contributed by atoms with Crippen molar-refractivity contribution < 1.29 is 4.79 Å². The molecule has 1 aliphatic heterocycles. The highest BCUT2D eigenvalue weighted by molar-refractivity contribution is 5.98. The number of carbonyl (C=O) groups excluding carboxylic acids is 1. The Balaban J connectivity index is 2.32. The minimum absolute atomic E-state index is 0.349. The maximum Gasteiger partial charge on any atom is 0.250 e. The minimum Gasteiger partial charge on any atom is -0.367 e. The van der Waals surface area contributed by atoms with E-state index >= 15 is 0 Å². The normalized spacial score (nSPS) is 18.8. The van der Waals surface area contributed by atoms with Crippen molar-refractivity contribution in [1.29, 1.82) is 0 Å². The highest BCUT2D eigenvalue weighted by Gasteiger charge is 2.24. The predicted octanol–water partition coefficient (Wildman–Crippen LogP) is 1.36. The fraction of sp³-hybridized carbons (Fsp3) is 0.500. The molecule has 1 aliphatic rings. The van der Waals surface area contributed by atoms with Crippen molar-refractivity contribution in [2.45, 2.75) is 25.8 Å². The van der Waals surface area contributed by atoms with Crippen molar-refractivity contribution in [1.82, 2.24) is 5.32 Å². The number of benzene rings is 1. The molecule has 18 heavy (non-hydrogen) atoms. The molecule has 0 bridgehead atoms. The molecule has 1 unspecified atom stereocenters. The van der Waals surface area contributed by atoms with Gasteiger partial charge < -0.3 is 16.0 Å². The maximum absolute atomic E-state index is 11.5. The van der Waals surface area contributed by atoms with Gasteiger partial charge >= 0.3 is 0 Å². The summed E-state index contributed by atoms with van der Waals surface area (Å²) in [6, 6.07) is 8.09. The first kappa shape index (κ1) is 12.9. The van der Waals surface area contributed by atoms with Gasteiger partial charge in [-0.2, -0.15) is 0 Å². The molecule has 98 valence electrons. The Kier molecular flexibility index (Phi) is 4.20. The van der Waals surface area contributed by atoms with E-state index in [0.717, 1.165) is 38.2 Å². The lowest BCUT2D eigenvalue weighted by atomic mass is 10.1. The zero-order valence-corrected chi connectivity index (χ0v) is 10.9. The fourth-order valence-corrected chi connectivity index (χ4v) is 2.58. The second-order valence-corrected chi connectivity index (χ2v) is 4.72. The smallest absolute Gasteiger partial charge is 0.250 e. The standard InChI is InChI=1S/C14H21N3O/c1-2-9-17(11-7-8-16-10-11)13-6-4-3-5-12(13)14(15)18/h3-6,11,16H,2,7-10H2,1H3,(H2,15,18). The van der Waals surface area contributed by atoms with Gasteiger partial charge in [-0.05, 0) is 31.5 Å². The van der Waals surface area contributed by atoms with Crippen molar-refractivity contribution in [2.24, 2.45) is 5.73 Å². The summed E-state index contributed by atoms with van der Waals surface area (Å²) < 4.78 is 0. The van der Waals surface area contributed by atoms with Gasteiger partial charge in [0.05, 0.1) is 5.56 Å². The summed E-state index contributed by atoms with van der Waals surface area (Å²) in [6.07, 6.45) is 2.18. The molecule has 1 amide bonds. The van der Waals surface area contributed by atoms with Crippen LogP contribution in [0.2, 0.25) is 0 Å². The lowest BCUT2D eigenvalue weighted by Gasteiger charge is -2.31. The minimum atomic E-state index is -0.349. The number of rotatable bonds is 5. The van der Waals surface area contributed by atoms with Crippen LogP contribution < -0.4 is 16.0 Å². The Labute approximate surface area is 108 Å². The van der Waals surface area contributed by atoms with E-state index in [1.807, 2.05) is 24.3 Å². The Bertz CT molecular complexity index is 413. The predicted molar refractivity (Wildman–Crippen MR) is 73.9 cm³/mol. The molecule has 1 atom stereocenters. The Morgan fingerprint density at radius 3 is 2.89 bits per heavy atom. The van der Waals surface area contributed by atoms with Gasteiger partial charge in [-0.1, -0.05) is 19.1 Å². The highest BCUT2D eigenvalue weighted by atomic mass is 16.1. The third-order valence-corrected chi connectivity index (χ3v) is 3.42. The molecule has 1 aromatic rings. The topological polar surface area (TPSA) is 58.4 Å². The highest BCUT2D eigenvalue weighted by Crippen LogP contribution is 2.24. The molecule has 0 radical (unpaired) electrons. The summed E-state index contributed by atoms with van der Waals surface area (Å²) in [4.78, 5) is 13.8. The number of hydrogen-bond acceptors (Lipinski definition) is 3. The number of anilines is 1. The quantitative estimate of drug-likeness (QED) is 0.826. The summed E-state index contributed by atoms with van der Waals surface area (Å²) in [7, 11) is 0. The summed E-state index contributed by atoms with van der Waals surface area (Å²) in [6.45, 7) is 5.13. The molecule has 0 aromatic heterocycles. The molecule has 0 aliphatic carbocycles. The van der Waals surface area contributed by atoms with Crippen molar-refractivity contribution in [3.63, 3.8) is 0 Å². The van der Waals surface area contributed by atoms with Gasteiger partial charge in [0.15, 0.2) is 0 Å². The van der Waals surface area contributed by atoms with Crippen molar-refractivity contribution in [2.75, 3.05) is 24.5 Å². The van der Waals surface area contributed by atoms with Crippen LogP contribution in [0.25, 0.3) is 0 Å². The van der Waals surface area contributed by atoms with E-state index in [9.17, 15) is 4.79 Å². The van der Waals surface area contributed by atoms with Crippen LogP contribution in [0.3, 0.4) is 0 Å². The molecular weight excluding hydrogens is 226 g/mol. The van der Waals surface area contributed by atoms with Crippen LogP contribution >= 0.6 is 0 Å². The lowest BCUT2D eigenvalue weighted by molar-refractivity contribution is 0.100. The average Bonchev–Trinajstić information content (AvgIpc) is 2.89. The molecule has 1 fully saturated rings. The van der Waals surface area contributed by atoms with Gasteiger partial charge in [-0.15, -0.1) is 0 Å². The molecule has 1 saturated heterocycles. The zero-order valence-electron chi connectivity index (χ0n) is 10.9. The van der Waals surface area contributed by atoms with Gasteiger partial charge in [-0.25, -0.2) is 0 Å². The van der Waals surface area contributed by atoms with E-state index in [0.29, 0.717) is 11.6 Å². The molecule has 4 nitrogen and oxygen atoms in total. The number of amides is 1. The second kappa shape index (κ2) is 5.87. The molecule has 3 N–H and O–H groups in total. The summed E-state index contributed by atoms with van der Waals surface area (Å²) in [5, 5.41) is 3.37. The molecule has 2 rings (SSSR count). The van der Waals surface area contributed by atoms with Crippen molar-refractivity contribution in [3.05, 3.63) is 29.8 Å². The Morgan fingerprint density at radius 2 is 2.28 bits per heavy atom. The largest absolute Gasteiger partial charge is 0.367 e. The molecule has 4 heteroatoms. The summed E-state index contributed by atoms with van der Waals surface area (Å²) in [5.41, 5.74) is 7.06. The summed E-state index contributed by atoms with van der Waals surface area (Å²) in [5.74, 6) is -0.349. The maximum atomic E-state index is 11.5. The van der Waals surface area contributed by atoms with E-state index in [1.54, 1.807) is 0 Å². The summed E-state index contributed by atoms with van der Waals surface area (Å²) >= 11 is 0. The number of hydrogen-bond donors (Lipinski definition) is 2. The van der Waals surface area contributed by atoms with Crippen LogP contribution in [0.1, 0.15) is 30.1 Å². The monoisotopic (exact) mass is 247 g/mol. The third kappa shape index (κ3) is 2.64. The van der Waals surface area contributed by atoms with E-state index in [4.69, 9.17) is 5.73 Å². The van der Waals surface area contributed by atoms with Crippen LogP contribution in [0.4, 0.5) is 5.69 Å². The molecule has 1 aromatic carbocycles. The van der Waals surface area contributed by atoms with Crippen LogP contribution in [0.15, 0.2) is 24.3 Å².